The van der Waals surface area contributed by atoms with Gasteiger partial charge in [-0.1, -0.05) is 26.2 Å². The van der Waals surface area contributed by atoms with Crippen molar-refractivity contribution in [3.63, 3.8) is 0 Å². The summed E-state index contributed by atoms with van der Waals surface area (Å²) >= 11 is 1.10. The predicted octanol–water partition coefficient (Wildman–Crippen LogP) is 6.22. The Balaban J connectivity index is 0. The van der Waals surface area contributed by atoms with E-state index in [-0.39, 0.29) is 6.15 Å². The van der Waals surface area contributed by atoms with Gasteiger partial charge < -0.3 is 6.15 Å². The van der Waals surface area contributed by atoms with E-state index in [1.165, 1.54) is 89.9 Å². The van der Waals surface area contributed by atoms with Crippen LogP contribution in [0.4, 0.5) is 0 Å². The standard InChI is InChI=1S/C16H33.K.H3N/c1-3-5-7-9-11-13-15-16-14-12-10-8-6-4-2;;/h1,3-16H2,2H3;;1H3. The molecular formula is C16H36KN. The van der Waals surface area contributed by atoms with E-state index in [9.17, 15) is 0 Å². The summed E-state index contributed by atoms with van der Waals surface area (Å²) in [5.41, 5.74) is 0. The summed E-state index contributed by atoms with van der Waals surface area (Å²) in [7, 11) is 0. The number of hydrogen-bond acceptors (Lipinski definition) is 1. The van der Waals surface area contributed by atoms with E-state index in [0.717, 1.165) is 49.0 Å². The average molecular weight is 282 g/mol. The summed E-state index contributed by atoms with van der Waals surface area (Å²) in [4.78, 5) is 0. The van der Waals surface area contributed by atoms with Crippen molar-refractivity contribution in [2.24, 2.45) is 0 Å². The smallest absolute Gasteiger partial charge is 0.344 e. The molecule has 3 N–H and O–H groups in total. The van der Waals surface area contributed by atoms with Crippen LogP contribution in [0.25, 0.3) is 0 Å². The van der Waals surface area contributed by atoms with Crippen LogP contribution in [0.3, 0.4) is 0 Å². The first-order valence-electron chi connectivity index (χ1n) is 8.41. The van der Waals surface area contributed by atoms with Crippen LogP contribution in [0.2, 0.25) is 0.515 Å². The van der Waals surface area contributed by atoms with E-state index in [2.05, 4.69) is 6.92 Å². The zero-order valence-electron chi connectivity index (χ0n) is 13.3. The Morgan fingerprint density at radius 3 is 1.06 bits per heavy atom. The second-order valence-electron chi connectivity index (χ2n) is 5.60. The van der Waals surface area contributed by atoms with Crippen LogP contribution in [0.5, 0.6) is 0 Å². The minimum atomic E-state index is 0. The van der Waals surface area contributed by atoms with Crippen molar-refractivity contribution in [2.75, 3.05) is 0 Å². The Morgan fingerprint density at radius 1 is 0.500 bits per heavy atom. The maximum atomic E-state index is 2.29. The van der Waals surface area contributed by atoms with Crippen LogP contribution in [-0.2, 0) is 0 Å². The third kappa shape index (κ3) is 19.9. The van der Waals surface area contributed by atoms with Gasteiger partial charge in [0.15, 0.2) is 0 Å². The summed E-state index contributed by atoms with van der Waals surface area (Å²) in [6.07, 6.45) is 20.8. The molecule has 0 atom stereocenters. The van der Waals surface area contributed by atoms with Gasteiger partial charge in [0.05, 0.1) is 0 Å². The molecule has 0 saturated heterocycles. The molecule has 0 rings (SSSR count). The fourth-order valence-corrected chi connectivity index (χ4v) is 3.23. The molecule has 0 aromatic heterocycles. The van der Waals surface area contributed by atoms with Crippen molar-refractivity contribution in [1.82, 2.24) is 6.15 Å². The SMILES string of the molecule is CCCCCCCCCCCCCCC[CH2][K].N. The van der Waals surface area contributed by atoms with Crippen LogP contribution in [0.1, 0.15) is 96.8 Å². The third-order valence-electron chi connectivity index (χ3n) is 3.71. The van der Waals surface area contributed by atoms with Crippen LogP contribution in [0.15, 0.2) is 0 Å². The molecule has 0 saturated carbocycles. The van der Waals surface area contributed by atoms with Gasteiger partial charge >= 0.3 is 120 Å². The Hall–Kier alpha value is 1.60. The van der Waals surface area contributed by atoms with Gasteiger partial charge in [-0.3, -0.25) is 0 Å². The van der Waals surface area contributed by atoms with Gasteiger partial charge in [-0.15, -0.1) is 0 Å². The molecule has 0 aromatic carbocycles. The normalized spacial score (nSPS) is 10.4. The second kappa shape index (κ2) is 20.9. The molecule has 0 aliphatic rings. The monoisotopic (exact) mass is 281 g/mol. The molecule has 18 heavy (non-hydrogen) atoms. The zero-order chi connectivity index (χ0) is 12.6. The third-order valence-corrected chi connectivity index (χ3v) is 4.81. The first-order valence-corrected chi connectivity index (χ1v) is 10.6. The van der Waals surface area contributed by atoms with E-state index in [1.807, 2.05) is 0 Å². The van der Waals surface area contributed by atoms with Crippen molar-refractivity contribution in [2.45, 2.75) is 97.3 Å². The molecular weight excluding hydrogens is 245 g/mol. The second-order valence-corrected chi connectivity index (χ2v) is 7.16. The Labute approximate surface area is 150 Å². The molecule has 0 unspecified atom stereocenters. The molecule has 0 aliphatic carbocycles. The van der Waals surface area contributed by atoms with Gasteiger partial charge in [0.2, 0.25) is 0 Å². The summed E-state index contributed by atoms with van der Waals surface area (Å²) in [5.74, 6) is 0. The van der Waals surface area contributed by atoms with E-state index < -0.39 is 0 Å². The molecule has 0 bridgehead atoms. The fourth-order valence-electron chi connectivity index (χ4n) is 2.44. The van der Waals surface area contributed by atoms with E-state index in [0.29, 0.717) is 0 Å². The first-order chi connectivity index (χ1) is 8.41. The molecule has 0 aliphatic heterocycles. The van der Waals surface area contributed by atoms with Gasteiger partial charge in [-0.05, 0) is 0 Å². The minimum Gasteiger partial charge on any atom is -0.344 e. The van der Waals surface area contributed by atoms with E-state index >= 15 is 0 Å². The number of unbranched alkanes of at least 4 members (excludes halogenated alkanes) is 13. The Morgan fingerprint density at radius 2 is 0.778 bits per heavy atom. The molecule has 1 nitrogen and oxygen atoms in total. The molecule has 0 spiro atoms. The largest absolute Gasteiger partial charge is 0.344 e. The van der Waals surface area contributed by atoms with Crippen LogP contribution in [-0.4, -0.2) is 49.0 Å². The van der Waals surface area contributed by atoms with Gasteiger partial charge in [-0.2, -0.15) is 0 Å². The average Bonchev–Trinajstić information content (AvgIpc) is 2.35. The minimum absolute atomic E-state index is 0. The van der Waals surface area contributed by atoms with Crippen LogP contribution < -0.4 is 6.15 Å². The first kappa shape index (κ1) is 21.9. The molecule has 0 heterocycles. The maximum absolute atomic E-state index is 2.29. The number of hydrogen-bond donors (Lipinski definition) is 1. The van der Waals surface area contributed by atoms with Gasteiger partial charge in [-0.25, -0.2) is 0 Å². The molecule has 0 aromatic rings. The Kier molecular flexibility index (Phi) is 25.4. The molecule has 0 radical (unpaired) electrons. The van der Waals surface area contributed by atoms with Crippen molar-refractivity contribution >= 4 is 49.0 Å². The van der Waals surface area contributed by atoms with Gasteiger partial charge in [0.25, 0.3) is 0 Å². The quantitative estimate of drug-likeness (QED) is 0.298. The predicted molar refractivity (Wildman–Crippen MR) is 85.9 cm³/mol. The Bertz CT molecular complexity index is 114. The van der Waals surface area contributed by atoms with Crippen molar-refractivity contribution in [3.8, 4) is 0 Å². The maximum Gasteiger partial charge on any atom is -0.344 e. The molecule has 0 fully saturated rings. The molecule has 0 amide bonds. The van der Waals surface area contributed by atoms with Crippen molar-refractivity contribution in [3.05, 3.63) is 0 Å². The van der Waals surface area contributed by atoms with Gasteiger partial charge in [0.1, 0.15) is 0 Å². The summed E-state index contributed by atoms with van der Waals surface area (Å²) < 4.78 is 1.56. The van der Waals surface area contributed by atoms with Crippen LogP contribution >= 0.6 is 0 Å². The van der Waals surface area contributed by atoms with Crippen molar-refractivity contribution < 1.29 is 0 Å². The summed E-state index contributed by atoms with van der Waals surface area (Å²) in [6.45, 7) is 2.29. The van der Waals surface area contributed by atoms with Gasteiger partial charge in [0, 0.05) is 0 Å². The van der Waals surface area contributed by atoms with Crippen molar-refractivity contribution in [1.29, 1.82) is 0 Å². The summed E-state index contributed by atoms with van der Waals surface area (Å²) in [6, 6.07) is 0. The summed E-state index contributed by atoms with van der Waals surface area (Å²) in [5, 5.41) is 0. The van der Waals surface area contributed by atoms with Crippen LogP contribution in [0, 0.1) is 0 Å². The van der Waals surface area contributed by atoms with E-state index in [4.69, 9.17) is 0 Å². The molecule has 106 valence electrons. The fraction of sp³-hybridized carbons (Fsp3) is 1.00. The number of rotatable bonds is 14. The molecule has 2 heteroatoms. The topological polar surface area (TPSA) is 35.0 Å². The zero-order valence-corrected chi connectivity index (χ0v) is 16.4. The van der Waals surface area contributed by atoms with E-state index in [1.54, 1.807) is 0.515 Å².